The van der Waals surface area contributed by atoms with Crippen LogP contribution >= 0.6 is 0 Å². The minimum absolute atomic E-state index is 0.00738. The number of aliphatic hydroxyl groups is 2. The Morgan fingerprint density at radius 3 is 2.36 bits per heavy atom. The van der Waals surface area contributed by atoms with Crippen LogP contribution in [0.1, 0.15) is 67.4 Å². The van der Waals surface area contributed by atoms with Gasteiger partial charge in [0, 0.05) is 36.1 Å². The second-order valence-corrected chi connectivity index (χ2v) is 13.6. The molecular formula is C37H39NO15. The molecule has 1 spiro atoms. The van der Waals surface area contributed by atoms with Gasteiger partial charge in [-0.15, -0.1) is 0 Å². The number of carboxylic acids is 2. The summed E-state index contributed by atoms with van der Waals surface area (Å²) in [6.45, 7) is 1.35. The zero-order valence-electron chi connectivity index (χ0n) is 28.9. The molecule has 1 saturated heterocycles. The lowest BCUT2D eigenvalue weighted by Crippen LogP contribution is -2.69. The van der Waals surface area contributed by atoms with Crippen LogP contribution in [0, 0.1) is 0 Å². The number of carboxylic acid groups (broad SMARTS) is 2. The lowest BCUT2D eigenvalue weighted by Gasteiger charge is -2.56. The third kappa shape index (κ3) is 6.73. The van der Waals surface area contributed by atoms with Gasteiger partial charge in [0.1, 0.15) is 11.5 Å². The average molecular weight is 738 g/mol. The quantitative estimate of drug-likeness (QED) is 0.168. The van der Waals surface area contributed by atoms with E-state index in [0.717, 1.165) is 18.1 Å². The van der Waals surface area contributed by atoms with Gasteiger partial charge in [-0.3, -0.25) is 14.4 Å². The Bertz CT molecular complexity index is 1860. The number of likely N-dealkylation sites (N-methyl/N-ethyl adjacent to an activating group) is 1. The number of aliphatic carboxylic acids is 2. The van der Waals surface area contributed by atoms with Gasteiger partial charge in [0.25, 0.3) is 0 Å². The first-order valence-electron chi connectivity index (χ1n) is 17.0. The Hall–Kier alpha value is -5.32. The summed E-state index contributed by atoms with van der Waals surface area (Å²) in [4.78, 5) is 77.2. The Morgan fingerprint density at radius 1 is 0.962 bits per heavy atom. The summed E-state index contributed by atoms with van der Waals surface area (Å²) in [5.74, 6) is -7.69. The zero-order valence-corrected chi connectivity index (χ0v) is 28.9. The molecule has 1 fully saturated rings. The first-order valence-corrected chi connectivity index (χ1v) is 17.0. The monoisotopic (exact) mass is 737 g/mol. The number of esters is 4. The minimum atomic E-state index is -2.12. The van der Waals surface area contributed by atoms with Crippen LogP contribution in [-0.4, -0.2) is 105 Å². The van der Waals surface area contributed by atoms with E-state index >= 15 is 0 Å². The van der Waals surface area contributed by atoms with E-state index in [1.54, 1.807) is 18.2 Å². The molecule has 2 aliphatic heterocycles. The molecule has 2 bridgehead atoms. The van der Waals surface area contributed by atoms with Gasteiger partial charge in [0.15, 0.2) is 6.10 Å². The van der Waals surface area contributed by atoms with Crippen LogP contribution in [0.2, 0.25) is 0 Å². The molecule has 2 aliphatic carbocycles. The minimum Gasteiger partial charge on any atom is -0.481 e. The number of aliphatic hydroxyl groups excluding tert-OH is 1. The van der Waals surface area contributed by atoms with E-state index in [4.69, 9.17) is 28.8 Å². The number of hydrogen-bond donors (Lipinski definition) is 4. The highest BCUT2D eigenvalue weighted by Crippen LogP contribution is 2.64. The normalized spacial score (nSPS) is 25.5. The molecule has 0 radical (unpaired) electrons. The Kier molecular flexibility index (Phi) is 10.3. The summed E-state index contributed by atoms with van der Waals surface area (Å²) in [6.07, 6.45) is -5.59. The number of carbonyl (C=O) groups excluding carboxylic acids is 4. The highest BCUT2D eigenvalue weighted by Gasteiger charge is 2.70. The maximum absolute atomic E-state index is 13.6. The molecule has 6 rings (SSSR count). The molecule has 2 aromatic carbocycles. The van der Waals surface area contributed by atoms with Crippen molar-refractivity contribution in [3.05, 3.63) is 76.6 Å². The number of benzene rings is 2. The van der Waals surface area contributed by atoms with E-state index in [2.05, 4.69) is 4.90 Å². The van der Waals surface area contributed by atoms with Gasteiger partial charge in [-0.1, -0.05) is 42.5 Å². The molecule has 2 aromatic rings. The number of carbonyl (C=O) groups is 6. The van der Waals surface area contributed by atoms with Crippen molar-refractivity contribution in [1.29, 1.82) is 0 Å². The number of nitrogens with zero attached hydrogens (tertiary/aromatic N) is 1. The SMILES string of the molecule is CC(=O)O[C@@H](CC(=O)OC1=CC[C@@]2(O)[C@H]3Cc4ccc(CO)c5c4[C@@]2(CCCN3C)[C@H]1O5)C(=O)O[C@H](C(=O)O[C@@H](CC(=O)O)C(=O)O)c1ccccc1. The summed E-state index contributed by atoms with van der Waals surface area (Å²) >= 11 is 0. The third-order valence-corrected chi connectivity index (χ3v) is 10.4. The highest BCUT2D eigenvalue weighted by molar-refractivity contribution is 5.88. The molecule has 4 N–H and O–H groups in total. The lowest BCUT2D eigenvalue weighted by atomic mass is 9.52. The predicted octanol–water partition coefficient (Wildman–Crippen LogP) is 1.47. The van der Waals surface area contributed by atoms with Crippen molar-refractivity contribution in [1.82, 2.24) is 4.90 Å². The van der Waals surface area contributed by atoms with Crippen LogP contribution in [-0.2, 0) is 66.2 Å². The maximum Gasteiger partial charge on any atom is 0.353 e. The van der Waals surface area contributed by atoms with E-state index in [-0.39, 0.29) is 30.4 Å². The van der Waals surface area contributed by atoms with Crippen molar-refractivity contribution in [2.75, 3.05) is 13.6 Å². The van der Waals surface area contributed by atoms with Gasteiger partial charge in [0.2, 0.25) is 18.3 Å². The fourth-order valence-electron chi connectivity index (χ4n) is 8.20. The van der Waals surface area contributed by atoms with E-state index in [9.17, 15) is 44.1 Å². The van der Waals surface area contributed by atoms with Crippen molar-refractivity contribution >= 4 is 35.8 Å². The van der Waals surface area contributed by atoms with Gasteiger partial charge >= 0.3 is 35.8 Å². The van der Waals surface area contributed by atoms with Crippen molar-refractivity contribution in [3.63, 3.8) is 0 Å². The van der Waals surface area contributed by atoms with Gasteiger partial charge in [-0.2, -0.15) is 0 Å². The number of hydrogen-bond acceptors (Lipinski definition) is 14. The molecule has 0 amide bonds. The number of likely N-dealkylation sites (tertiary alicyclic amines) is 1. The van der Waals surface area contributed by atoms with Crippen LogP contribution in [0.25, 0.3) is 0 Å². The molecule has 0 saturated carbocycles. The summed E-state index contributed by atoms with van der Waals surface area (Å²) < 4.78 is 27.7. The first-order chi connectivity index (χ1) is 25.2. The van der Waals surface area contributed by atoms with E-state index in [1.165, 1.54) is 24.3 Å². The molecule has 53 heavy (non-hydrogen) atoms. The summed E-state index contributed by atoms with van der Waals surface area (Å²) in [7, 11) is 1.95. The van der Waals surface area contributed by atoms with Crippen molar-refractivity contribution in [3.8, 4) is 5.75 Å². The van der Waals surface area contributed by atoms with Gasteiger partial charge in [-0.05, 0) is 44.5 Å². The molecule has 16 nitrogen and oxygen atoms in total. The van der Waals surface area contributed by atoms with E-state index < -0.39 is 84.1 Å². The maximum atomic E-state index is 13.6. The Balaban J connectivity index is 1.25. The van der Waals surface area contributed by atoms with Gasteiger partial charge in [-0.25, -0.2) is 14.4 Å². The highest BCUT2D eigenvalue weighted by atomic mass is 16.6. The van der Waals surface area contributed by atoms with Crippen LogP contribution in [0.4, 0.5) is 0 Å². The summed E-state index contributed by atoms with van der Waals surface area (Å²) in [5.41, 5.74) is -0.102. The molecule has 282 valence electrons. The van der Waals surface area contributed by atoms with E-state index in [0.29, 0.717) is 37.1 Å². The topological polar surface area (TPSA) is 233 Å². The third-order valence-electron chi connectivity index (χ3n) is 10.4. The number of ether oxygens (including phenoxy) is 5. The molecule has 7 atom stereocenters. The van der Waals surface area contributed by atoms with Crippen molar-refractivity contribution < 1.29 is 72.9 Å². The second-order valence-electron chi connectivity index (χ2n) is 13.6. The molecule has 2 heterocycles. The van der Waals surface area contributed by atoms with Gasteiger partial charge in [0.05, 0.1) is 30.5 Å². The van der Waals surface area contributed by atoms with Gasteiger partial charge < -0.3 is 49.0 Å². The fourth-order valence-corrected chi connectivity index (χ4v) is 8.20. The molecule has 4 aliphatic rings. The van der Waals surface area contributed by atoms with Crippen molar-refractivity contribution in [2.24, 2.45) is 0 Å². The van der Waals surface area contributed by atoms with Crippen LogP contribution < -0.4 is 4.74 Å². The smallest absolute Gasteiger partial charge is 0.353 e. The molecule has 16 heteroatoms. The Labute approximate surface area is 302 Å². The number of rotatable bonds is 13. The van der Waals surface area contributed by atoms with Crippen molar-refractivity contribution in [2.45, 2.75) is 93.5 Å². The molecular weight excluding hydrogens is 698 g/mol. The standard InChI is InChI=1S/C37H39NO15/c1-19(40)49-25(34(46)53-31(20-7-4-3-5-8-20)35(47)51-24(33(44)45)16-27(41)42)17-28(43)50-23-11-13-37(48)26-15-21-9-10-22(18-39)30-29(21)36(37,32(23)52-30)12-6-14-38(26)2/h3-5,7-11,24-26,31-32,39,48H,6,12-18H2,1-2H3,(H,41,42)(H,44,45)/t24-,25-,26+,31-,32-,36-,37+/m0/s1. The van der Waals surface area contributed by atoms with Crippen LogP contribution in [0.15, 0.2) is 54.3 Å². The second kappa shape index (κ2) is 14.6. The average Bonchev–Trinajstić information content (AvgIpc) is 3.45. The van der Waals surface area contributed by atoms with Crippen LogP contribution in [0.5, 0.6) is 5.75 Å². The Morgan fingerprint density at radius 2 is 1.70 bits per heavy atom. The molecule has 0 aromatic heterocycles. The lowest BCUT2D eigenvalue weighted by molar-refractivity contribution is -0.185. The largest absolute Gasteiger partial charge is 0.481 e. The summed E-state index contributed by atoms with van der Waals surface area (Å²) in [6, 6.07) is 10.7. The zero-order chi connectivity index (χ0) is 38.2. The fraction of sp³-hybridized carbons (Fsp3) is 0.459. The first kappa shape index (κ1) is 37.4. The summed E-state index contributed by atoms with van der Waals surface area (Å²) in [5, 5.41) is 41.2. The van der Waals surface area contributed by atoms with Crippen LogP contribution in [0.3, 0.4) is 0 Å². The molecule has 0 unspecified atom stereocenters. The predicted molar refractivity (Wildman–Crippen MR) is 177 cm³/mol. The van der Waals surface area contributed by atoms with E-state index in [1.807, 2.05) is 13.1 Å².